The van der Waals surface area contributed by atoms with Gasteiger partial charge in [-0.05, 0) is 47.5 Å². The fraction of sp³-hybridized carbons (Fsp3) is 0.0417. The van der Waals surface area contributed by atoms with E-state index in [4.69, 9.17) is 4.74 Å². The van der Waals surface area contributed by atoms with Crippen LogP contribution in [0.5, 0.6) is 5.75 Å². The van der Waals surface area contributed by atoms with Crippen molar-refractivity contribution in [1.29, 1.82) is 0 Å². The first-order valence-electron chi connectivity index (χ1n) is 9.54. The molecule has 0 aromatic heterocycles. The summed E-state index contributed by atoms with van der Waals surface area (Å²) in [6.45, 7) is -0.0882. The van der Waals surface area contributed by atoms with E-state index in [1.54, 1.807) is 48.5 Å². The molecular weight excluding hydrogens is 399 g/mol. The molecule has 2 aliphatic rings. The average Bonchev–Trinajstić information content (AvgIpc) is 3.04. The van der Waals surface area contributed by atoms with Crippen LogP contribution in [0.3, 0.4) is 0 Å². The van der Waals surface area contributed by atoms with Gasteiger partial charge in [-0.3, -0.25) is 14.4 Å². The molecule has 31 heavy (non-hydrogen) atoms. The maximum atomic E-state index is 13.5. The molecule has 0 unspecified atom stereocenters. The lowest BCUT2D eigenvalue weighted by molar-refractivity contribution is -0.120. The van der Waals surface area contributed by atoms with Crippen molar-refractivity contribution in [3.8, 4) is 5.75 Å². The zero-order valence-corrected chi connectivity index (χ0v) is 16.1. The first-order chi connectivity index (χ1) is 15.0. The van der Waals surface area contributed by atoms with Gasteiger partial charge in [0.25, 0.3) is 17.7 Å². The minimum absolute atomic E-state index is 0.0882. The number of anilines is 2. The molecule has 0 bridgehead atoms. The lowest BCUT2D eigenvalue weighted by atomic mass is 9.95. The van der Waals surface area contributed by atoms with E-state index in [1.165, 1.54) is 24.3 Å². The lowest BCUT2D eigenvalue weighted by Crippen LogP contribution is -2.31. The molecule has 5 rings (SSSR count). The molecule has 152 valence electrons. The third-order valence-electron chi connectivity index (χ3n) is 5.13. The number of imide groups is 1. The van der Waals surface area contributed by atoms with Gasteiger partial charge in [0.1, 0.15) is 11.6 Å². The molecular formula is C24H15FN2O4. The van der Waals surface area contributed by atoms with E-state index >= 15 is 0 Å². The second kappa shape index (κ2) is 7.21. The SMILES string of the molecule is O=C1COc2ccc(C3=C(c4ccc(F)cc4)C(=O)N(c4ccccc4)C3=O)cc2N1. The number of hydrogen-bond acceptors (Lipinski definition) is 4. The Morgan fingerprint density at radius 3 is 2.16 bits per heavy atom. The van der Waals surface area contributed by atoms with E-state index in [-0.39, 0.29) is 23.7 Å². The molecule has 7 heteroatoms. The van der Waals surface area contributed by atoms with Gasteiger partial charge >= 0.3 is 0 Å². The topological polar surface area (TPSA) is 75.7 Å². The van der Waals surface area contributed by atoms with Crippen molar-refractivity contribution >= 4 is 40.2 Å². The summed E-state index contributed by atoms with van der Waals surface area (Å²) in [4.78, 5) is 39.7. The van der Waals surface area contributed by atoms with Gasteiger partial charge in [0.05, 0.1) is 22.5 Å². The highest BCUT2D eigenvalue weighted by atomic mass is 19.1. The lowest BCUT2D eigenvalue weighted by Gasteiger charge is -2.19. The van der Waals surface area contributed by atoms with Crippen molar-refractivity contribution in [2.75, 3.05) is 16.8 Å². The summed E-state index contributed by atoms with van der Waals surface area (Å²) in [5.41, 5.74) is 2.05. The van der Waals surface area contributed by atoms with Crippen LogP contribution in [0, 0.1) is 5.82 Å². The van der Waals surface area contributed by atoms with Crippen molar-refractivity contribution in [3.63, 3.8) is 0 Å². The van der Waals surface area contributed by atoms with Crippen LogP contribution in [0.15, 0.2) is 72.8 Å². The number of amides is 3. The van der Waals surface area contributed by atoms with Gasteiger partial charge in [-0.25, -0.2) is 9.29 Å². The number of fused-ring (bicyclic) bond motifs is 1. The number of nitrogens with zero attached hydrogens (tertiary/aromatic N) is 1. The molecule has 2 aliphatic heterocycles. The highest BCUT2D eigenvalue weighted by molar-refractivity contribution is 6.57. The summed E-state index contributed by atoms with van der Waals surface area (Å²) in [7, 11) is 0. The second-order valence-corrected chi connectivity index (χ2v) is 7.09. The number of rotatable bonds is 3. The van der Waals surface area contributed by atoms with Gasteiger partial charge < -0.3 is 10.1 Å². The quantitative estimate of drug-likeness (QED) is 0.664. The second-order valence-electron chi connectivity index (χ2n) is 7.09. The van der Waals surface area contributed by atoms with E-state index < -0.39 is 17.6 Å². The van der Waals surface area contributed by atoms with Gasteiger partial charge in [-0.2, -0.15) is 0 Å². The van der Waals surface area contributed by atoms with E-state index in [0.717, 1.165) is 4.90 Å². The molecule has 0 aliphatic carbocycles. The van der Waals surface area contributed by atoms with Crippen LogP contribution in [0.25, 0.3) is 11.1 Å². The van der Waals surface area contributed by atoms with Crippen LogP contribution >= 0.6 is 0 Å². The Hall–Kier alpha value is -4.26. The van der Waals surface area contributed by atoms with Crippen molar-refractivity contribution in [1.82, 2.24) is 0 Å². The number of ether oxygens (including phenoxy) is 1. The maximum Gasteiger partial charge on any atom is 0.266 e. The van der Waals surface area contributed by atoms with Crippen LogP contribution in [0.1, 0.15) is 11.1 Å². The predicted octanol–water partition coefficient (Wildman–Crippen LogP) is 3.64. The smallest absolute Gasteiger partial charge is 0.266 e. The van der Waals surface area contributed by atoms with Crippen LogP contribution in [0.4, 0.5) is 15.8 Å². The first kappa shape index (κ1) is 18.7. The molecule has 3 aromatic carbocycles. The number of carbonyl (C=O) groups is 3. The average molecular weight is 414 g/mol. The summed E-state index contributed by atoms with van der Waals surface area (Å²) in [5, 5.41) is 2.71. The third kappa shape index (κ3) is 3.16. The van der Waals surface area contributed by atoms with E-state index in [1.807, 2.05) is 0 Å². The molecule has 2 heterocycles. The standard InChI is InChI=1S/C24H15FN2O4/c25-16-9-6-14(7-10-16)21-22(15-8-11-19-18(12-15)26-20(28)13-31-19)24(30)27(23(21)29)17-4-2-1-3-5-17/h1-12H,13H2,(H,26,28). The summed E-state index contributed by atoms with van der Waals surface area (Å²) in [6.07, 6.45) is 0. The normalized spacial score (nSPS) is 15.6. The molecule has 0 radical (unpaired) electrons. The molecule has 0 spiro atoms. The maximum absolute atomic E-state index is 13.5. The first-order valence-corrected chi connectivity index (χ1v) is 9.54. The largest absolute Gasteiger partial charge is 0.482 e. The van der Waals surface area contributed by atoms with Crippen LogP contribution in [-0.2, 0) is 14.4 Å². The van der Waals surface area contributed by atoms with Gasteiger partial charge in [-0.15, -0.1) is 0 Å². The van der Waals surface area contributed by atoms with Gasteiger partial charge in [0, 0.05) is 0 Å². The summed E-state index contributed by atoms with van der Waals surface area (Å²) < 4.78 is 18.9. The highest BCUT2D eigenvalue weighted by Gasteiger charge is 2.40. The van der Waals surface area contributed by atoms with Crippen molar-refractivity contribution < 1.29 is 23.5 Å². The van der Waals surface area contributed by atoms with Crippen molar-refractivity contribution in [2.45, 2.75) is 0 Å². The number of benzene rings is 3. The Balaban J connectivity index is 1.69. The third-order valence-corrected chi connectivity index (χ3v) is 5.13. The fourth-order valence-electron chi connectivity index (χ4n) is 3.73. The zero-order valence-electron chi connectivity index (χ0n) is 16.1. The zero-order chi connectivity index (χ0) is 21.5. The molecule has 6 nitrogen and oxygen atoms in total. The van der Waals surface area contributed by atoms with Crippen LogP contribution < -0.4 is 15.0 Å². The van der Waals surface area contributed by atoms with Crippen LogP contribution in [-0.4, -0.2) is 24.3 Å². The summed E-state index contributed by atoms with van der Waals surface area (Å²) in [5.74, 6) is -1.29. The number of carbonyl (C=O) groups excluding carboxylic acids is 3. The Morgan fingerprint density at radius 2 is 1.45 bits per heavy atom. The molecule has 0 saturated carbocycles. The number of nitrogens with one attached hydrogen (secondary N) is 1. The molecule has 0 saturated heterocycles. The van der Waals surface area contributed by atoms with E-state index in [2.05, 4.69) is 5.32 Å². The Bertz CT molecular complexity index is 1270. The minimum atomic E-state index is -0.504. The van der Waals surface area contributed by atoms with E-state index in [0.29, 0.717) is 28.3 Å². The van der Waals surface area contributed by atoms with Crippen LogP contribution in [0.2, 0.25) is 0 Å². The van der Waals surface area contributed by atoms with Gasteiger partial charge in [0.2, 0.25) is 0 Å². The number of halogens is 1. The van der Waals surface area contributed by atoms with Crippen molar-refractivity contribution in [2.24, 2.45) is 0 Å². The number of para-hydroxylation sites is 1. The van der Waals surface area contributed by atoms with Gasteiger partial charge in [-0.1, -0.05) is 36.4 Å². The Kier molecular flexibility index (Phi) is 4.36. The molecule has 0 atom stereocenters. The molecule has 1 N–H and O–H groups in total. The summed E-state index contributed by atoms with van der Waals surface area (Å²) in [6, 6.07) is 18.9. The molecule has 3 aromatic rings. The highest BCUT2D eigenvalue weighted by Crippen LogP contribution is 2.40. The Labute approximate surface area is 176 Å². The molecule has 0 fully saturated rings. The molecule has 3 amide bonds. The number of hydrogen-bond donors (Lipinski definition) is 1. The minimum Gasteiger partial charge on any atom is -0.482 e. The fourth-order valence-corrected chi connectivity index (χ4v) is 3.73. The Morgan fingerprint density at radius 1 is 0.806 bits per heavy atom. The van der Waals surface area contributed by atoms with Crippen molar-refractivity contribution in [3.05, 3.63) is 89.7 Å². The predicted molar refractivity (Wildman–Crippen MR) is 113 cm³/mol. The monoisotopic (exact) mass is 414 g/mol. The van der Waals surface area contributed by atoms with Gasteiger partial charge in [0.15, 0.2) is 6.61 Å². The summed E-state index contributed by atoms with van der Waals surface area (Å²) >= 11 is 0. The van der Waals surface area contributed by atoms with E-state index in [9.17, 15) is 18.8 Å².